The minimum absolute atomic E-state index is 0.0554. The number of ether oxygens (including phenoxy) is 1. The lowest BCUT2D eigenvalue weighted by Crippen LogP contribution is -2.31. The minimum Gasteiger partial charge on any atom is -0.496 e. The summed E-state index contributed by atoms with van der Waals surface area (Å²) in [6.45, 7) is -0.00581. The molecule has 1 aromatic heterocycles. The number of aromatic nitrogens is 2. The summed E-state index contributed by atoms with van der Waals surface area (Å²) in [4.78, 5) is 18.7. The number of aromatic amines is 1. The van der Waals surface area contributed by atoms with Crippen molar-refractivity contribution in [3.05, 3.63) is 48.0 Å². The number of nitrogens with one attached hydrogen (secondary N) is 4. The normalized spacial score (nSPS) is 11.4. The number of fused-ring (bicyclic) bond motifs is 1. The summed E-state index contributed by atoms with van der Waals surface area (Å²) in [5, 5.41) is 13.6. The third kappa shape index (κ3) is 5.02. The Morgan fingerprint density at radius 2 is 2.03 bits per heavy atom. The Balaban J connectivity index is 1.75. The van der Waals surface area contributed by atoms with Crippen molar-refractivity contribution in [1.82, 2.24) is 20.0 Å². The number of sulfonamides is 1. The van der Waals surface area contributed by atoms with Gasteiger partial charge in [-0.25, -0.2) is 22.9 Å². The molecule has 0 saturated heterocycles. The first-order chi connectivity index (χ1) is 13.9. The van der Waals surface area contributed by atoms with E-state index in [1.807, 2.05) is 0 Å². The number of hydrogen-bond donors (Lipinski definition) is 5. The highest BCUT2D eigenvalue weighted by Crippen LogP contribution is 2.21. The number of aliphatic hydroxyl groups excluding tert-OH is 1. The average Bonchev–Trinajstić information content (AvgIpc) is 3.12. The molecule has 2 aromatic carbocycles. The predicted molar refractivity (Wildman–Crippen MR) is 107 cm³/mol. The Morgan fingerprint density at radius 1 is 1.24 bits per heavy atom. The Morgan fingerprint density at radius 3 is 2.79 bits per heavy atom. The van der Waals surface area contributed by atoms with Crippen LogP contribution in [0.5, 0.6) is 5.75 Å². The highest BCUT2D eigenvalue weighted by atomic mass is 32.2. The van der Waals surface area contributed by atoms with E-state index in [-0.39, 0.29) is 30.5 Å². The molecular formula is C18H21N5O5S. The number of carbonyl (C=O) groups excluding carboxylic acids is 1. The van der Waals surface area contributed by atoms with Gasteiger partial charge in [0.2, 0.25) is 16.0 Å². The number of methoxy groups -OCH3 is 1. The van der Waals surface area contributed by atoms with Gasteiger partial charge in [0.05, 0.1) is 29.6 Å². The van der Waals surface area contributed by atoms with Gasteiger partial charge in [0.25, 0.3) is 0 Å². The number of benzene rings is 2. The fraction of sp³-hybridized carbons (Fsp3) is 0.222. The topological polar surface area (TPSA) is 145 Å². The van der Waals surface area contributed by atoms with Crippen LogP contribution >= 0.6 is 0 Å². The van der Waals surface area contributed by atoms with Crippen LogP contribution in [0.15, 0.2) is 47.4 Å². The SMILES string of the molecule is COc1ccccc1CNS(=O)(=O)c1ccc2nc(NC(=O)NCCO)[nH]c2c1. The van der Waals surface area contributed by atoms with E-state index >= 15 is 0 Å². The van der Waals surface area contributed by atoms with Gasteiger partial charge in [-0.1, -0.05) is 18.2 Å². The van der Waals surface area contributed by atoms with Crippen LogP contribution in [0.25, 0.3) is 11.0 Å². The highest BCUT2D eigenvalue weighted by molar-refractivity contribution is 7.89. The number of H-pyrrole nitrogens is 1. The van der Waals surface area contributed by atoms with E-state index in [0.29, 0.717) is 22.3 Å². The second kappa shape index (κ2) is 8.90. The first-order valence-electron chi connectivity index (χ1n) is 8.70. The maximum atomic E-state index is 12.7. The third-order valence-corrected chi connectivity index (χ3v) is 5.44. The van der Waals surface area contributed by atoms with Crippen LogP contribution in [-0.2, 0) is 16.6 Å². The third-order valence-electron chi connectivity index (χ3n) is 4.04. The zero-order valence-electron chi connectivity index (χ0n) is 15.6. The van der Waals surface area contributed by atoms with Crippen molar-refractivity contribution in [2.24, 2.45) is 0 Å². The van der Waals surface area contributed by atoms with Crippen LogP contribution in [0.4, 0.5) is 10.7 Å². The summed E-state index contributed by atoms with van der Waals surface area (Å²) in [5.41, 5.74) is 1.65. The number of carbonyl (C=O) groups is 1. The molecule has 0 aliphatic heterocycles. The number of amides is 2. The molecule has 0 bridgehead atoms. The van der Waals surface area contributed by atoms with Gasteiger partial charge in [-0.2, -0.15) is 0 Å². The summed E-state index contributed by atoms with van der Waals surface area (Å²) >= 11 is 0. The Hall–Kier alpha value is -3.15. The van der Waals surface area contributed by atoms with Crippen LogP contribution in [0.1, 0.15) is 5.56 Å². The van der Waals surface area contributed by atoms with Crippen molar-refractivity contribution < 1.29 is 23.1 Å². The molecule has 3 aromatic rings. The highest BCUT2D eigenvalue weighted by Gasteiger charge is 2.17. The van der Waals surface area contributed by atoms with Crippen LogP contribution < -0.4 is 20.1 Å². The lowest BCUT2D eigenvalue weighted by atomic mass is 10.2. The van der Waals surface area contributed by atoms with Crippen molar-refractivity contribution in [3.63, 3.8) is 0 Å². The van der Waals surface area contributed by atoms with E-state index < -0.39 is 16.1 Å². The van der Waals surface area contributed by atoms with Gasteiger partial charge < -0.3 is 20.1 Å². The maximum Gasteiger partial charge on any atom is 0.321 e. The molecule has 0 saturated carbocycles. The monoisotopic (exact) mass is 419 g/mol. The van der Waals surface area contributed by atoms with Gasteiger partial charge in [-0.05, 0) is 24.3 Å². The zero-order valence-corrected chi connectivity index (χ0v) is 16.4. The minimum atomic E-state index is -3.78. The number of hydrogen-bond acceptors (Lipinski definition) is 6. The lowest BCUT2D eigenvalue weighted by Gasteiger charge is -2.10. The fourth-order valence-corrected chi connectivity index (χ4v) is 3.67. The van der Waals surface area contributed by atoms with E-state index in [4.69, 9.17) is 9.84 Å². The Kier molecular flexibility index (Phi) is 6.32. The summed E-state index contributed by atoms with van der Waals surface area (Å²) in [6.07, 6.45) is 0. The number of imidazole rings is 1. The van der Waals surface area contributed by atoms with Crippen LogP contribution in [-0.4, -0.2) is 49.8 Å². The molecule has 5 N–H and O–H groups in total. The maximum absolute atomic E-state index is 12.7. The Bertz CT molecular complexity index is 1110. The molecule has 0 radical (unpaired) electrons. The molecule has 11 heteroatoms. The Labute approximate surface area is 167 Å². The second-order valence-corrected chi connectivity index (χ2v) is 7.77. The van der Waals surface area contributed by atoms with Crippen molar-refractivity contribution in [3.8, 4) is 5.75 Å². The van der Waals surface area contributed by atoms with Gasteiger partial charge in [-0.3, -0.25) is 5.32 Å². The predicted octanol–water partition coefficient (Wildman–Crippen LogP) is 1.16. The molecule has 10 nitrogen and oxygen atoms in total. The van der Waals surface area contributed by atoms with Gasteiger partial charge in [0.15, 0.2) is 0 Å². The molecule has 1 heterocycles. The summed E-state index contributed by atoms with van der Waals surface area (Å²) < 4.78 is 33.1. The van der Waals surface area contributed by atoms with Gasteiger partial charge in [0, 0.05) is 18.7 Å². The quantitative estimate of drug-likeness (QED) is 0.370. The second-order valence-electron chi connectivity index (χ2n) is 6.01. The first kappa shape index (κ1) is 20.6. The van der Waals surface area contributed by atoms with E-state index in [1.54, 1.807) is 30.3 Å². The van der Waals surface area contributed by atoms with Crippen molar-refractivity contribution in [2.45, 2.75) is 11.4 Å². The molecular weight excluding hydrogens is 398 g/mol. The number of anilines is 1. The van der Waals surface area contributed by atoms with E-state index in [2.05, 4.69) is 25.3 Å². The summed E-state index contributed by atoms with van der Waals surface area (Å²) in [7, 11) is -2.26. The molecule has 0 unspecified atom stereocenters. The summed E-state index contributed by atoms with van der Waals surface area (Å²) in [5.74, 6) is 0.751. The molecule has 0 fully saturated rings. The van der Waals surface area contributed by atoms with Gasteiger partial charge >= 0.3 is 6.03 Å². The lowest BCUT2D eigenvalue weighted by molar-refractivity contribution is 0.244. The van der Waals surface area contributed by atoms with Crippen LogP contribution in [0.3, 0.4) is 0 Å². The zero-order chi connectivity index (χ0) is 20.9. The van der Waals surface area contributed by atoms with Gasteiger partial charge in [0.1, 0.15) is 5.75 Å². The molecule has 3 rings (SSSR count). The van der Waals surface area contributed by atoms with Crippen molar-refractivity contribution in [2.75, 3.05) is 25.6 Å². The van der Waals surface area contributed by atoms with Gasteiger partial charge in [-0.15, -0.1) is 0 Å². The fourth-order valence-electron chi connectivity index (χ4n) is 2.64. The first-order valence-corrected chi connectivity index (χ1v) is 10.2. The standard InChI is InChI=1S/C18H21N5O5S/c1-28-16-5-3-2-4-12(16)11-20-29(26,27)13-6-7-14-15(10-13)22-17(21-14)23-18(25)19-8-9-24/h2-7,10,20,24H,8-9,11H2,1H3,(H3,19,21,22,23,25). The van der Waals surface area contributed by atoms with Crippen molar-refractivity contribution >= 4 is 33.0 Å². The largest absolute Gasteiger partial charge is 0.496 e. The number of nitrogens with zero attached hydrogens (tertiary/aromatic N) is 1. The molecule has 0 atom stereocenters. The van der Waals surface area contributed by atoms with E-state index in [9.17, 15) is 13.2 Å². The number of urea groups is 1. The molecule has 0 aliphatic rings. The van der Waals surface area contributed by atoms with Crippen LogP contribution in [0, 0.1) is 0 Å². The molecule has 0 aliphatic carbocycles. The number of rotatable bonds is 8. The van der Waals surface area contributed by atoms with E-state index in [1.165, 1.54) is 19.2 Å². The van der Waals surface area contributed by atoms with Crippen LogP contribution in [0.2, 0.25) is 0 Å². The smallest absolute Gasteiger partial charge is 0.321 e. The summed E-state index contributed by atoms with van der Waals surface area (Å²) in [6, 6.07) is 11.0. The molecule has 29 heavy (non-hydrogen) atoms. The van der Waals surface area contributed by atoms with Crippen molar-refractivity contribution in [1.29, 1.82) is 0 Å². The number of para-hydroxylation sites is 1. The number of aliphatic hydroxyl groups is 1. The molecule has 2 amide bonds. The average molecular weight is 419 g/mol. The van der Waals surface area contributed by atoms with E-state index in [0.717, 1.165) is 0 Å². The molecule has 154 valence electrons. The molecule has 0 spiro atoms.